The third-order valence-corrected chi connectivity index (χ3v) is 8.89. The Bertz CT molecular complexity index is 1150. The molecule has 2 aliphatic rings. The van der Waals surface area contributed by atoms with E-state index in [1.54, 1.807) is 6.56 Å². The van der Waals surface area contributed by atoms with E-state index in [0.29, 0.717) is 0 Å². The van der Waals surface area contributed by atoms with E-state index >= 15 is 0 Å². The van der Waals surface area contributed by atoms with Crippen LogP contribution in [0.15, 0.2) is 116 Å². The predicted octanol–water partition coefficient (Wildman–Crippen LogP) is 1.62. The molecule has 3 heteroatoms. The number of hydrogen-bond acceptors (Lipinski definition) is 0. The van der Waals surface area contributed by atoms with Crippen LogP contribution >= 0.6 is 0 Å². The van der Waals surface area contributed by atoms with Gasteiger partial charge in [0.25, 0.3) is 0 Å². The fraction of sp³-hybridized carbons (Fsp3) is 0.0667. The molecular weight excluding hydrogens is 522 g/mol. The third-order valence-electron chi connectivity index (χ3n) is 5.73. The van der Waals surface area contributed by atoms with Crippen molar-refractivity contribution in [3.05, 3.63) is 138 Å². The van der Waals surface area contributed by atoms with Crippen molar-refractivity contribution in [1.29, 1.82) is 0 Å². The summed E-state index contributed by atoms with van der Waals surface area (Å²) in [4.78, 5) is 0. The second-order valence-corrected chi connectivity index (χ2v) is 11.7. The summed E-state index contributed by atoms with van der Waals surface area (Å²) in [7, 11) is 0. The molecular formula is C30H24Cl2Zr. The first-order valence-corrected chi connectivity index (χ1v) is 13.3. The van der Waals surface area contributed by atoms with Gasteiger partial charge >= 0.3 is 126 Å². The van der Waals surface area contributed by atoms with Crippen LogP contribution in [-0.4, -0.2) is 0 Å². The predicted molar refractivity (Wildman–Crippen MR) is 128 cm³/mol. The zero-order valence-corrected chi connectivity index (χ0v) is 22.2. The van der Waals surface area contributed by atoms with Crippen LogP contribution in [0, 0.1) is 0 Å². The van der Waals surface area contributed by atoms with Gasteiger partial charge in [0.15, 0.2) is 0 Å². The first-order valence-electron chi connectivity index (χ1n) is 10.8. The summed E-state index contributed by atoms with van der Waals surface area (Å²) in [6.07, 6.45) is 7.31. The van der Waals surface area contributed by atoms with Gasteiger partial charge in [-0.15, -0.1) is 0 Å². The number of fused-ring (bicyclic) bond motifs is 2. The minimum absolute atomic E-state index is 0. The van der Waals surface area contributed by atoms with E-state index in [1.807, 2.05) is 12.1 Å². The SMILES string of the molecule is C1=[C]([Zr+2][C]2=Cc3ccccc3C2)Cc2ccccc21.[Cl-].[Cl-].c1ccc(-c2ccccc2)cc1. The number of rotatable bonds is 3. The summed E-state index contributed by atoms with van der Waals surface area (Å²) in [6.45, 7) is 0. The molecule has 0 amide bonds. The Morgan fingerprint density at radius 2 is 0.788 bits per heavy atom. The van der Waals surface area contributed by atoms with Crippen molar-refractivity contribution >= 4 is 12.2 Å². The van der Waals surface area contributed by atoms with Crippen molar-refractivity contribution in [2.24, 2.45) is 0 Å². The summed E-state index contributed by atoms with van der Waals surface area (Å²) < 4.78 is 3.45. The topological polar surface area (TPSA) is 0 Å². The quantitative estimate of drug-likeness (QED) is 0.367. The van der Waals surface area contributed by atoms with Crippen LogP contribution in [0.5, 0.6) is 0 Å². The van der Waals surface area contributed by atoms with Gasteiger partial charge in [-0.2, -0.15) is 0 Å². The molecule has 0 radical (unpaired) electrons. The zero-order chi connectivity index (χ0) is 20.9. The van der Waals surface area contributed by atoms with Crippen molar-refractivity contribution < 1.29 is 48.0 Å². The monoisotopic (exact) mass is 544 g/mol. The van der Waals surface area contributed by atoms with Crippen molar-refractivity contribution in [2.75, 3.05) is 0 Å². The Labute approximate surface area is 220 Å². The zero-order valence-electron chi connectivity index (χ0n) is 18.2. The second kappa shape index (κ2) is 12.3. The molecule has 0 aromatic heterocycles. The van der Waals surface area contributed by atoms with Crippen molar-refractivity contribution in [2.45, 2.75) is 12.8 Å². The second-order valence-electron chi connectivity index (χ2n) is 7.95. The molecule has 162 valence electrons. The standard InChI is InChI=1S/C12H10.2C9H7.2ClH.Zr/c1-3-7-11(8-4-1)12-9-5-2-6-10-12;2*1-2-5-9-7-3-6-8(9)4-1;;;/h1-10H;2*1-2,4-6H,7H2;2*1H;/q;;;;;+2/p-2. The minimum Gasteiger partial charge on any atom is -1.00 e. The van der Waals surface area contributed by atoms with Crippen LogP contribution in [0.25, 0.3) is 23.3 Å². The maximum absolute atomic E-state index is 2.45. The maximum atomic E-state index is 2.45. The van der Waals surface area contributed by atoms with E-state index in [9.17, 15) is 0 Å². The van der Waals surface area contributed by atoms with Crippen molar-refractivity contribution in [3.8, 4) is 11.1 Å². The molecule has 0 atom stereocenters. The van der Waals surface area contributed by atoms with Gasteiger partial charge in [-0.3, -0.25) is 0 Å². The number of halogens is 2. The molecule has 0 aliphatic heterocycles. The van der Waals surface area contributed by atoms with Crippen LogP contribution in [-0.2, 0) is 36.1 Å². The Morgan fingerprint density at radius 1 is 0.424 bits per heavy atom. The van der Waals surface area contributed by atoms with Crippen LogP contribution in [0.1, 0.15) is 22.3 Å². The molecule has 6 rings (SSSR count). The van der Waals surface area contributed by atoms with Gasteiger partial charge in [-0.25, -0.2) is 0 Å². The molecule has 0 saturated heterocycles. The van der Waals surface area contributed by atoms with Gasteiger partial charge in [0.1, 0.15) is 0 Å². The van der Waals surface area contributed by atoms with Crippen molar-refractivity contribution in [3.63, 3.8) is 0 Å². The fourth-order valence-corrected chi connectivity index (χ4v) is 7.69. The number of allylic oxidation sites excluding steroid dienone is 2. The summed E-state index contributed by atoms with van der Waals surface area (Å²) in [6, 6.07) is 38.4. The average molecular weight is 547 g/mol. The van der Waals surface area contributed by atoms with Gasteiger partial charge in [0.05, 0.1) is 0 Å². The van der Waals surface area contributed by atoms with Crippen LogP contribution in [0.2, 0.25) is 0 Å². The largest absolute Gasteiger partial charge is 1.00 e. The third kappa shape index (κ3) is 6.45. The minimum atomic E-state index is -0.548. The van der Waals surface area contributed by atoms with E-state index in [4.69, 9.17) is 0 Å². The molecule has 0 nitrogen and oxygen atoms in total. The maximum Gasteiger partial charge on any atom is -0.0184 e. The van der Waals surface area contributed by atoms with Gasteiger partial charge in [-0.1, -0.05) is 60.7 Å². The molecule has 0 unspecified atom stereocenters. The summed E-state index contributed by atoms with van der Waals surface area (Å²) in [5.41, 5.74) is 8.50. The normalized spacial score (nSPS) is 12.4. The Hall–Kier alpha value is -2.18. The molecule has 0 spiro atoms. The molecule has 0 saturated carbocycles. The summed E-state index contributed by atoms with van der Waals surface area (Å²) >= 11 is -0.548. The number of hydrogen-bond donors (Lipinski definition) is 0. The summed E-state index contributed by atoms with van der Waals surface area (Å²) in [5, 5.41) is 0. The van der Waals surface area contributed by atoms with Gasteiger partial charge in [0.2, 0.25) is 0 Å². The Kier molecular flexibility index (Phi) is 9.51. The van der Waals surface area contributed by atoms with Crippen LogP contribution in [0.3, 0.4) is 0 Å². The van der Waals surface area contributed by atoms with E-state index in [-0.39, 0.29) is 24.8 Å². The summed E-state index contributed by atoms with van der Waals surface area (Å²) in [5.74, 6) is 0. The first kappa shape index (κ1) is 25.4. The average Bonchev–Trinajstić information content (AvgIpc) is 3.43. The molecule has 0 bridgehead atoms. The molecule has 4 aromatic carbocycles. The van der Waals surface area contributed by atoms with Gasteiger partial charge < -0.3 is 24.8 Å². The number of benzene rings is 4. The van der Waals surface area contributed by atoms with Gasteiger partial charge in [-0.05, 0) is 11.1 Å². The molecule has 0 N–H and O–H groups in total. The Balaban J connectivity index is 0.000000192. The molecule has 0 fully saturated rings. The van der Waals surface area contributed by atoms with Crippen LogP contribution in [0.4, 0.5) is 0 Å². The first-order chi connectivity index (χ1) is 15.3. The van der Waals surface area contributed by atoms with E-state index in [2.05, 4.69) is 109 Å². The smallest absolute Gasteiger partial charge is 0.0184 e. The molecule has 2 aliphatic carbocycles. The van der Waals surface area contributed by atoms with E-state index in [0.717, 1.165) is 0 Å². The fourth-order valence-electron chi connectivity index (χ4n) is 4.19. The molecule has 4 aromatic rings. The molecule has 0 heterocycles. The van der Waals surface area contributed by atoms with E-state index in [1.165, 1.54) is 46.2 Å². The van der Waals surface area contributed by atoms with Gasteiger partial charge in [0, 0.05) is 0 Å². The van der Waals surface area contributed by atoms with Crippen molar-refractivity contribution in [1.82, 2.24) is 0 Å². The van der Waals surface area contributed by atoms with Crippen LogP contribution < -0.4 is 24.8 Å². The Morgan fingerprint density at radius 3 is 1.18 bits per heavy atom. The van der Waals surface area contributed by atoms with E-state index < -0.39 is 23.2 Å². The molecule has 33 heavy (non-hydrogen) atoms.